The zero-order valence-electron chi connectivity index (χ0n) is 10.2. The molecule has 1 aromatic rings. The summed E-state index contributed by atoms with van der Waals surface area (Å²) >= 11 is 3.17. The number of carboxylic acids is 1. The lowest BCUT2D eigenvalue weighted by Gasteiger charge is -2.24. The Morgan fingerprint density at radius 1 is 1.47 bits per heavy atom. The summed E-state index contributed by atoms with van der Waals surface area (Å²) in [5, 5.41) is 8.88. The van der Waals surface area contributed by atoms with Crippen LogP contribution in [0.2, 0.25) is 0 Å². The van der Waals surface area contributed by atoms with E-state index in [1.54, 1.807) is 12.1 Å². The molecule has 1 N–H and O–H groups in total. The maximum absolute atomic E-state index is 13.7. The van der Waals surface area contributed by atoms with Crippen LogP contribution in [0.5, 0.6) is 0 Å². The number of hydrogen-bond acceptors (Lipinski definition) is 1. The van der Waals surface area contributed by atoms with Crippen molar-refractivity contribution in [2.45, 2.75) is 39.0 Å². The Hall–Kier alpha value is -0.900. The summed E-state index contributed by atoms with van der Waals surface area (Å²) in [5.41, 5.74) is 0.935. The summed E-state index contributed by atoms with van der Waals surface area (Å²) in [7, 11) is 0. The molecule has 0 aliphatic carbocycles. The quantitative estimate of drug-likeness (QED) is 0.916. The monoisotopic (exact) mass is 302 g/mol. The standard InChI is InChI=1S/C13H16BrFO2/c1-4-8-5-9(6-10(14)12(8)15)13(2,3)7-11(16)17/h5-6H,4,7H2,1-3H3,(H,16,17). The largest absolute Gasteiger partial charge is 0.481 e. The number of halogens is 2. The Bertz CT molecular complexity index is 441. The average Bonchev–Trinajstić information content (AvgIpc) is 2.19. The first-order chi connectivity index (χ1) is 7.77. The third kappa shape index (κ3) is 3.28. The van der Waals surface area contributed by atoms with Crippen LogP contribution in [-0.2, 0) is 16.6 Å². The predicted octanol–water partition coefficient (Wildman–Crippen LogP) is 3.90. The lowest BCUT2D eigenvalue weighted by molar-refractivity contribution is -0.138. The highest BCUT2D eigenvalue weighted by molar-refractivity contribution is 9.10. The molecule has 2 nitrogen and oxygen atoms in total. The average molecular weight is 303 g/mol. The Kier molecular flexibility index (Phi) is 4.31. The molecule has 0 amide bonds. The molecule has 0 bridgehead atoms. The zero-order chi connectivity index (χ0) is 13.2. The van der Waals surface area contributed by atoms with Crippen LogP contribution in [0.25, 0.3) is 0 Å². The summed E-state index contributed by atoms with van der Waals surface area (Å²) in [6, 6.07) is 3.42. The molecule has 4 heteroatoms. The number of carbonyl (C=O) groups is 1. The minimum atomic E-state index is -0.853. The van der Waals surface area contributed by atoms with Gasteiger partial charge in [-0.3, -0.25) is 4.79 Å². The lowest BCUT2D eigenvalue weighted by Crippen LogP contribution is -2.22. The zero-order valence-corrected chi connectivity index (χ0v) is 11.8. The molecule has 0 aliphatic heterocycles. The van der Waals surface area contributed by atoms with Crippen LogP contribution in [0.3, 0.4) is 0 Å². The van der Waals surface area contributed by atoms with Crippen molar-refractivity contribution in [3.8, 4) is 0 Å². The molecular weight excluding hydrogens is 287 g/mol. The van der Waals surface area contributed by atoms with Gasteiger partial charge >= 0.3 is 5.97 Å². The van der Waals surface area contributed by atoms with Crippen LogP contribution in [0.4, 0.5) is 4.39 Å². The number of hydrogen-bond donors (Lipinski definition) is 1. The van der Waals surface area contributed by atoms with E-state index >= 15 is 0 Å². The molecule has 0 fully saturated rings. The fraction of sp³-hybridized carbons (Fsp3) is 0.462. The Morgan fingerprint density at radius 2 is 2.06 bits per heavy atom. The predicted molar refractivity (Wildman–Crippen MR) is 68.8 cm³/mol. The van der Waals surface area contributed by atoms with Crippen molar-refractivity contribution in [2.75, 3.05) is 0 Å². The molecule has 0 aliphatic rings. The number of benzene rings is 1. The molecule has 1 rings (SSSR count). The van der Waals surface area contributed by atoms with Crippen LogP contribution in [0.15, 0.2) is 16.6 Å². The van der Waals surface area contributed by atoms with Gasteiger partial charge in [-0.05, 0) is 39.5 Å². The van der Waals surface area contributed by atoms with E-state index in [9.17, 15) is 9.18 Å². The lowest BCUT2D eigenvalue weighted by atomic mass is 9.81. The van der Waals surface area contributed by atoms with Crippen molar-refractivity contribution in [3.63, 3.8) is 0 Å². The summed E-state index contributed by atoms with van der Waals surface area (Å²) in [5.74, 6) is -1.11. The Labute approximate surface area is 109 Å². The van der Waals surface area contributed by atoms with Gasteiger partial charge in [0, 0.05) is 5.41 Å². The van der Waals surface area contributed by atoms with Gasteiger partial charge in [-0.2, -0.15) is 0 Å². The summed E-state index contributed by atoms with van der Waals surface area (Å²) in [6.45, 7) is 5.57. The second-order valence-corrected chi connectivity index (χ2v) is 5.59. The maximum Gasteiger partial charge on any atom is 0.304 e. The van der Waals surface area contributed by atoms with Crippen molar-refractivity contribution in [1.82, 2.24) is 0 Å². The van der Waals surface area contributed by atoms with E-state index in [0.29, 0.717) is 16.5 Å². The highest BCUT2D eigenvalue weighted by atomic mass is 79.9. The smallest absolute Gasteiger partial charge is 0.304 e. The molecular formula is C13H16BrFO2. The van der Waals surface area contributed by atoms with Crippen molar-refractivity contribution in [3.05, 3.63) is 33.5 Å². The van der Waals surface area contributed by atoms with Gasteiger partial charge in [-0.1, -0.05) is 26.8 Å². The van der Waals surface area contributed by atoms with Crippen molar-refractivity contribution >= 4 is 21.9 Å². The van der Waals surface area contributed by atoms with Crippen LogP contribution >= 0.6 is 15.9 Å². The van der Waals surface area contributed by atoms with Crippen LogP contribution in [-0.4, -0.2) is 11.1 Å². The summed E-state index contributed by atoms with van der Waals surface area (Å²) < 4.78 is 14.1. The molecule has 0 unspecified atom stereocenters. The van der Waals surface area contributed by atoms with E-state index in [4.69, 9.17) is 5.11 Å². The van der Waals surface area contributed by atoms with Crippen molar-refractivity contribution in [1.29, 1.82) is 0 Å². The number of aryl methyl sites for hydroxylation is 1. The Morgan fingerprint density at radius 3 is 2.53 bits per heavy atom. The Balaban J connectivity index is 3.22. The van der Waals surface area contributed by atoms with Crippen molar-refractivity contribution < 1.29 is 14.3 Å². The van der Waals surface area contributed by atoms with Crippen LogP contribution < -0.4 is 0 Å². The summed E-state index contributed by atoms with van der Waals surface area (Å²) in [6.07, 6.45) is 0.607. The SMILES string of the molecule is CCc1cc(C(C)(C)CC(=O)O)cc(Br)c1F. The highest BCUT2D eigenvalue weighted by Crippen LogP contribution is 2.32. The molecule has 0 saturated carbocycles. The van der Waals surface area contributed by atoms with E-state index in [-0.39, 0.29) is 12.2 Å². The van der Waals surface area contributed by atoms with E-state index in [1.165, 1.54) is 0 Å². The second kappa shape index (κ2) is 5.17. The molecule has 1 aromatic carbocycles. The molecule has 17 heavy (non-hydrogen) atoms. The van der Waals surface area contributed by atoms with Crippen LogP contribution in [0.1, 0.15) is 38.3 Å². The molecule has 0 heterocycles. The maximum atomic E-state index is 13.7. The molecule has 0 saturated heterocycles. The third-order valence-corrected chi connectivity index (χ3v) is 3.44. The normalized spacial score (nSPS) is 11.6. The topological polar surface area (TPSA) is 37.3 Å². The second-order valence-electron chi connectivity index (χ2n) is 4.74. The van der Waals surface area contributed by atoms with Gasteiger partial charge in [0.1, 0.15) is 5.82 Å². The number of rotatable bonds is 4. The molecule has 0 atom stereocenters. The summed E-state index contributed by atoms with van der Waals surface area (Å²) in [4.78, 5) is 10.8. The van der Waals surface area contributed by atoms with Gasteiger partial charge in [0.2, 0.25) is 0 Å². The highest BCUT2D eigenvalue weighted by Gasteiger charge is 2.25. The molecule has 94 valence electrons. The van der Waals surface area contributed by atoms with E-state index < -0.39 is 11.4 Å². The third-order valence-electron chi connectivity index (χ3n) is 2.86. The van der Waals surface area contributed by atoms with E-state index in [0.717, 1.165) is 5.56 Å². The van der Waals surface area contributed by atoms with Gasteiger partial charge in [-0.15, -0.1) is 0 Å². The number of carboxylic acid groups (broad SMARTS) is 1. The van der Waals surface area contributed by atoms with E-state index in [2.05, 4.69) is 15.9 Å². The van der Waals surface area contributed by atoms with Gasteiger partial charge in [0.25, 0.3) is 0 Å². The first-order valence-electron chi connectivity index (χ1n) is 5.48. The van der Waals surface area contributed by atoms with Crippen molar-refractivity contribution in [2.24, 2.45) is 0 Å². The minimum Gasteiger partial charge on any atom is -0.481 e. The molecule has 0 spiro atoms. The first-order valence-corrected chi connectivity index (χ1v) is 6.27. The molecule has 0 aromatic heterocycles. The van der Waals surface area contributed by atoms with Gasteiger partial charge in [-0.25, -0.2) is 4.39 Å². The fourth-order valence-corrected chi connectivity index (χ4v) is 2.28. The van der Waals surface area contributed by atoms with Gasteiger partial charge in [0.05, 0.1) is 10.9 Å². The van der Waals surface area contributed by atoms with Gasteiger partial charge < -0.3 is 5.11 Å². The van der Waals surface area contributed by atoms with Crippen LogP contribution in [0, 0.1) is 5.82 Å². The van der Waals surface area contributed by atoms with Gasteiger partial charge in [0.15, 0.2) is 0 Å². The first kappa shape index (κ1) is 14.2. The minimum absolute atomic E-state index is 0.0221. The fourth-order valence-electron chi connectivity index (χ4n) is 1.77. The molecule has 0 radical (unpaired) electrons. The van der Waals surface area contributed by atoms with E-state index in [1.807, 2.05) is 20.8 Å². The number of aliphatic carboxylic acids is 1.